The van der Waals surface area contributed by atoms with Crippen LogP contribution in [0, 0.1) is 0 Å². The van der Waals surface area contributed by atoms with E-state index >= 15 is 0 Å². The van der Waals surface area contributed by atoms with Crippen molar-refractivity contribution in [3.05, 3.63) is 0 Å². The van der Waals surface area contributed by atoms with Crippen molar-refractivity contribution in [1.82, 2.24) is 0 Å². The molecule has 0 aliphatic rings. The van der Waals surface area contributed by atoms with Gasteiger partial charge in [-0.2, -0.15) is 0 Å². The Bertz CT molecular complexity index is 537. The average Bonchev–Trinajstić information content (AvgIpc) is 2.70. The first-order chi connectivity index (χ1) is 13.7. The van der Waals surface area contributed by atoms with E-state index in [1.54, 1.807) is 13.8 Å². The predicted octanol–water partition coefficient (Wildman–Crippen LogP) is 2.56. The molecule has 0 aromatic heterocycles. The Morgan fingerprint density at radius 2 is 1.62 bits per heavy atom. The number of hydrogen-bond acceptors (Lipinski definition) is 9. The van der Waals surface area contributed by atoms with E-state index in [0.29, 0.717) is 6.61 Å². The molecule has 0 saturated carbocycles. The molecule has 2 unspecified atom stereocenters. The van der Waals surface area contributed by atoms with Crippen LogP contribution in [-0.2, 0) is 42.2 Å². The first-order valence-corrected chi connectivity index (χ1v) is 11.3. The Morgan fingerprint density at radius 3 is 2.24 bits per heavy atom. The van der Waals surface area contributed by atoms with Gasteiger partial charge in [-0.1, -0.05) is 27.2 Å². The Hall–Kier alpha value is -1.32. The first kappa shape index (κ1) is 27.7. The van der Waals surface area contributed by atoms with E-state index in [4.69, 9.17) is 23.3 Å². The molecule has 0 heterocycles. The lowest BCUT2D eigenvalue weighted by atomic mass is 10.2. The summed E-state index contributed by atoms with van der Waals surface area (Å²) in [4.78, 5) is 43.9. The zero-order valence-corrected chi connectivity index (χ0v) is 18.3. The Morgan fingerprint density at radius 1 is 0.931 bits per heavy atom. The summed E-state index contributed by atoms with van der Waals surface area (Å²) in [5, 5.41) is 0. The van der Waals surface area contributed by atoms with E-state index in [9.17, 15) is 23.8 Å². The molecule has 29 heavy (non-hydrogen) atoms. The lowest BCUT2D eigenvalue weighted by molar-refractivity contribution is -0.160. The highest BCUT2D eigenvalue weighted by molar-refractivity contribution is 7.47. The number of carbonyl (C=O) groups excluding carboxylic acids is 3. The number of phosphoric acid groups is 1. The average molecular weight is 440 g/mol. The van der Waals surface area contributed by atoms with Crippen molar-refractivity contribution in [3.8, 4) is 0 Å². The van der Waals surface area contributed by atoms with Gasteiger partial charge in [0.2, 0.25) is 0 Å². The van der Waals surface area contributed by atoms with Crippen LogP contribution < -0.4 is 0 Å². The third-order valence-corrected chi connectivity index (χ3v) is 4.47. The largest absolute Gasteiger partial charge is 0.472 e. The molecule has 1 N–H and O–H groups in total. The van der Waals surface area contributed by atoms with Gasteiger partial charge in [-0.05, 0) is 12.8 Å². The van der Waals surface area contributed by atoms with Crippen molar-refractivity contribution in [1.29, 1.82) is 0 Å². The smallest absolute Gasteiger partial charge is 0.462 e. The van der Waals surface area contributed by atoms with Crippen LogP contribution in [0.5, 0.6) is 0 Å². The molecule has 0 spiro atoms. The molecule has 0 aliphatic carbocycles. The first-order valence-electron chi connectivity index (χ1n) is 9.80. The fraction of sp³-hybridized carbons (Fsp3) is 0.833. The molecule has 0 aromatic rings. The standard InChI is InChI=1S/C18H33O10P/c1-4-7-10-24-12-15(19)9-8-11-26-29(22,23)27-14-16(28-18(21)6-3)13-25-17(20)5-2/h16H,4-14H2,1-3H3,(H,22,23). The maximum Gasteiger partial charge on any atom is 0.472 e. The molecule has 0 saturated heterocycles. The number of ether oxygens (including phenoxy) is 3. The molecular weight excluding hydrogens is 407 g/mol. The van der Waals surface area contributed by atoms with Crippen molar-refractivity contribution in [3.63, 3.8) is 0 Å². The van der Waals surface area contributed by atoms with Crippen LogP contribution >= 0.6 is 7.82 Å². The van der Waals surface area contributed by atoms with Crippen LogP contribution in [0.4, 0.5) is 0 Å². The third-order valence-electron chi connectivity index (χ3n) is 3.49. The molecule has 0 rings (SSSR count). The summed E-state index contributed by atoms with van der Waals surface area (Å²) in [5.41, 5.74) is 0. The zero-order chi connectivity index (χ0) is 22.1. The van der Waals surface area contributed by atoms with E-state index in [1.165, 1.54) is 0 Å². The number of hydrogen-bond donors (Lipinski definition) is 1. The third kappa shape index (κ3) is 16.2. The fourth-order valence-corrected chi connectivity index (χ4v) is 2.63. The number of phosphoric ester groups is 1. The van der Waals surface area contributed by atoms with Crippen LogP contribution in [0.2, 0.25) is 0 Å². The number of esters is 2. The highest BCUT2D eigenvalue weighted by Crippen LogP contribution is 2.43. The lowest BCUT2D eigenvalue weighted by Crippen LogP contribution is -2.29. The van der Waals surface area contributed by atoms with E-state index in [2.05, 4.69) is 0 Å². The SMILES string of the molecule is CCCCOCC(=O)CCCOP(=O)(O)OCC(COC(=O)CC)OC(=O)CC. The predicted molar refractivity (Wildman–Crippen MR) is 103 cm³/mol. The number of rotatable bonds is 18. The van der Waals surface area contributed by atoms with Gasteiger partial charge >= 0.3 is 19.8 Å². The van der Waals surface area contributed by atoms with E-state index in [0.717, 1.165) is 12.8 Å². The van der Waals surface area contributed by atoms with Gasteiger partial charge in [-0.15, -0.1) is 0 Å². The van der Waals surface area contributed by atoms with E-state index in [1.807, 2.05) is 6.92 Å². The Balaban J connectivity index is 4.22. The quantitative estimate of drug-likeness (QED) is 0.192. The fourth-order valence-electron chi connectivity index (χ4n) is 1.84. The minimum absolute atomic E-state index is 0.00818. The second-order valence-corrected chi connectivity index (χ2v) is 7.60. The molecule has 0 aliphatic heterocycles. The van der Waals surface area contributed by atoms with Gasteiger partial charge < -0.3 is 19.1 Å². The summed E-state index contributed by atoms with van der Waals surface area (Å²) in [6.45, 7) is 4.78. The van der Waals surface area contributed by atoms with Crippen LogP contribution in [0.25, 0.3) is 0 Å². The number of Topliss-reactive ketones (excluding diaryl/α,β-unsaturated/α-hetero) is 1. The van der Waals surface area contributed by atoms with Gasteiger partial charge in [-0.3, -0.25) is 23.4 Å². The molecule has 2 atom stereocenters. The molecule has 0 bridgehead atoms. The summed E-state index contributed by atoms with van der Waals surface area (Å²) in [6.07, 6.45) is 1.42. The van der Waals surface area contributed by atoms with Crippen LogP contribution in [0.1, 0.15) is 59.3 Å². The highest BCUT2D eigenvalue weighted by atomic mass is 31.2. The minimum Gasteiger partial charge on any atom is -0.462 e. The normalized spacial score (nSPS) is 14.1. The van der Waals surface area contributed by atoms with Gasteiger partial charge in [0, 0.05) is 25.9 Å². The number of unbranched alkanes of at least 4 members (excludes halogenated alkanes) is 1. The molecule has 170 valence electrons. The number of carbonyl (C=O) groups is 3. The van der Waals surface area contributed by atoms with Gasteiger partial charge in [0.15, 0.2) is 11.9 Å². The Labute approximate surface area is 171 Å². The van der Waals surface area contributed by atoms with Crippen molar-refractivity contribution < 1.29 is 47.1 Å². The summed E-state index contributed by atoms with van der Waals surface area (Å²) in [6, 6.07) is 0. The van der Waals surface area contributed by atoms with Crippen molar-refractivity contribution in [2.75, 3.05) is 33.0 Å². The summed E-state index contributed by atoms with van der Waals surface area (Å²) in [5.74, 6) is -1.20. The molecule has 11 heteroatoms. The molecule has 10 nitrogen and oxygen atoms in total. The topological polar surface area (TPSA) is 135 Å². The van der Waals surface area contributed by atoms with Gasteiger partial charge in [-0.25, -0.2) is 4.57 Å². The second-order valence-electron chi connectivity index (χ2n) is 6.15. The monoisotopic (exact) mass is 440 g/mol. The summed E-state index contributed by atoms with van der Waals surface area (Å²) in [7, 11) is -4.42. The van der Waals surface area contributed by atoms with Crippen LogP contribution in [0.3, 0.4) is 0 Å². The summed E-state index contributed by atoms with van der Waals surface area (Å²) >= 11 is 0. The maximum atomic E-state index is 11.9. The van der Waals surface area contributed by atoms with Crippen molar-refractivity contribution >= 4 is 25.5 Å². The molecule has 0 aromatic carbocycles. The lowest BCUT2D eigenvalue weighted by Gasteiger charge is -2.19. The van der Waals surface area contributed by atoms with Crippen LogP contribution in [0.15, 0.2) is 0 Å². The second kappa shape index (κ2) is 16.5. The minimum atomic E-state index is -4.42. The summed E-state index contributed by atoms with van der Waals surface area (Å²) < 4.78 is 36.6. The highest BCUT2D eigenvalue weighted by Gasteiger charge is 2.25. The van der Waals surface area contributed by atoms with Crippen LogP contribution in [-0.4, -0.2) is 61.8 Å². The molecule has 0 radical (unpaired) electrons. The Kier molecular flexibility index (Phi) is 15.7. The zero-order valence-electron chi connectivity index (χ0n) is 17.4. The number of ketones is 1. The maximum absolute atomic E-state index is 11.9. The van der Waals surface area contributed by atoms with E-state index in [-0.39, 0.29) is 51.3 Å². The molecular formula is C18H33O10P. The van der Waals surface area contributed by atoms with Crippen molar-refractivity contribution in [2.24, 2.45) is 0 Å². The van der Waals surface area contributed by atoms with Crippen molar-refractivity contribution in [2.45, 2.75) is 65.4 Å². The van der Waals surface area contributed by atoms with Gasteiger partial charge in [0.05, 0.1) is 13.2 Å². The van der Waals surface area contributed by atoms with Gasteiger partial charge in [0.25, 0.3) is 0 Å². The van der Waals surface area contributed by atoms with Gasteiger partial charge in [0.1, 0.15) is 13.2 Å². The molecule has 0 amide bonds. The molecule has 0 fully saturated rings. The van der Waals surface area contributed by atoms with E-state index < -0.39 is 32.5 Å².